The van der Waals surface area contributed by atoms with Crippen molar-refractivity contribution in [1.82, 2.24) is 20.9 Å². The van der Waals surface area contributed by atoms with Gasteiger partial charge in [-0.2, -0.15) is 5.26 Å². The van der Waals surface area contributed by atoms with Gasteiger partial charge in [0.2, 0.25) is 0 Å². The number of nitriles is 1. The maximum atomic E-state index is 13.8. The van der Waals surface area contributed by atoms with Crippen LogP contribution in [0.4, 0.5) is 0 Å². The summed E-state index contributed by atoms with van der Waals surface area (Å²) in [6.45, 7) is 13.4. The number of aryl methyl sites for hydroxylation is 1. The van der Waals surface area contributed by atoms with Gasteiger partial charge in [-0.25, -0.2) is 0 Å². The number of rotatable bonds is 15. The predicted molar refractivity (Wildman–Crippen MR) is 199 cm³/mol. The molecule has 2 heterocycles. The van der Waals surface area contributed by atoms with Crippen LogP contribution < -0.4 is 16.0 Å². The van der Waals surface area contributed by atoms with Crippen molar-refractivity contribution in [2.45, 2.75) is 78.0 Å². The average Bonchev–Trinajstić information content (AvgIpc) is 3.60. The van der Waals surface area contributed by atoms with Crippen molar-refractivity contribution in [2.75, 3.05) is 26.2 Å². The molecule has 2 unspecified atom stereocenters. The lowest BCUT2D eigenvalue weighted by molar-refractivity contribution is 0.0934. The second-order valence-electron chi connectivity index (χ2n) is 13.7. The number of carbonyl (C=O) groups is 1. The van der Waals surface area contributed by atoms with E-state index in [1.807, 2.05) is 48.5 Å². The molecule has 4 aromatic rings. The zero-order valence-electron chi connectivity index (χ0n) is 29.3. The third-order valence-corrected chi connectivity index (χ3v) is 10.1. The quantitative estimate of drug-likeness (QED) is 0.118. The smallest absolute Gasteiger partial charge is 0.253 e. The minimum atomic E-state index is -0.226. The number of hydrogen-bond donors (Lipinski definition) is 3. The maximum Gasteiger partial charge on any atom is 0.253 e. The number of halogens is 1. The van der Waals surface area contributed by atoms with Crippen LogP contribution in [0.15, 0.2) is 83.3 Å². The highest BCUT2D eigenvalue weighted by Gasteiger charge is 2.23. The normalized spacial score (nSPS) is 15.8. The van der Waals surface area contributed by atoms with Crippen LogP contribution in [0.25, 0.3) is 11.3 Å². The first-order valence-electron chi connectivity index (χ1n) is 17.6. The second-order valence-corrected chi connectivity index (χ2v) is 14.1. The van der Waals surface area contributed by atoms with Crippen LogP contribution in [0.5, 0.6) is 0 Å². The van der Waals surface area contributed by atoms with E-state index in [9.17, 15) is 10.1 Å². The molecular weight excluding hydrogens is 630 g/mol. The van der Waals surface area contributed by atoms with Gasteiger partial charge in [-0.1, -0.05) is 73.8 Å². The number of furan rings is 1. The van der Waals surface area contributed by atoms with E-state index >= 15 is 0 Å². The molecule has 1 aliphatic heterocycles. The number of piperidine rings is 1. The fourth-order valence-electron chi connectivity index (χ4n) is 6.34. The zero-order chi connectivity index (χ0) is 34.8. The van der Waals surface area contributed by atoms with Gasteiger partial charge in [0.1, 0.15) is 11.5 Å². The second kappa shape index (κ2) is 17.6. The molecule has 1 saturated heterocycles. The Hall–Kier alpha value is -3.93. The predicted octanol–water partition coefficient (Wildman–Crippen LogP) is 8.07. The summed E-state index contributed by atoms with van der Waals surface area (Å²) in [4.78, 5) is 16.4. The van der Waals surface area contributed by atoms with E-state index in [-0.39, 0.29) is 18.0 Å². The minimum Gasteiger partial charge on any atom is -0.460 e. The summed E-state index contributed by atoms with van der Waals surface area (Å²) in [6.07, 6.45) is 4.01. The summed E-state index contributed by atoms with van der Waals surface area (Å²) < 4.78 is 6.20. The van der Waals surface area contributed by atoms with E-state index in [4.69, 9.17) is 16.0 Å². The first-order chi connectivity index (χ1) is 23.7. The van der Waals surface area contributed by atoms with Gasteiger partial charge in [-0.05, 0) is 106 Å². The fourth-order valence-corrected chi connectivity index (χ4v) is 6.55. The van der Waals surface area contributed by atoms with Gasteiger partial charge in [-0.3, -0.25) is 4.79 Å². The number of amides is 1. The van der Waals surface area contributed by atoms with Crippen LogP contribution >= 0.6 is 11.6 Å². The van der Waals surface area contributed by atoms with Crippen molar-refractivity contribution in [3.05, 3.63) is 117 Å². The van der Waals surface area contributed by atoms with Gasteiger partial charge in [0, 0.05) is 36.8 Å². The average molecular weight is 680 g/mol. The maximum absolute atomic E-state index is 13.8. The summed E-state index contributed by atoms with van der Waals surface area (Å²) in [6, 6.07) is 28.0. The summed E-state index contributed by atoms with van der Waals surface area (Å²) in [5.41, 5.74) is 5.34. The van der Waals surface area contributed by atoms with Gasteiger partial charge in [0.15, 0.2) is 0 Å². The molecule has 8 heteroatoms. The van der Waals surface area contributed by atoms with E-state index in [0.29, 0.717) is 53.4 Å². The Morgan fingerprint density at radius 1 is 1.02 bits per heavy atom. The number of carbonyl (C=O) groups excluding carboxylic acids is 1. The molecule has 3 atom stereocenters. The Morgan fingerprint density at radius 3 is 2.45 bits per heavy atom. The Balaban J connectivity index is 1.23. The van der Waals surface area contributed by atoms with Crippen molar-refractivity contribution in [3.63, 3.8) is 0 Å². The van der Waals surface area contributed by atoms with Crippen LogP contribution in [0.3, 0.4) is 0 Å². The van der Waals surface area contributed by atoms with Crippen molar-refractivity contribution in [3.8, 4) is 17.4 Å². The highest BCUT2D eigenvalue weighted by molar-refractivity contribution is 6.34. The monoisotopic (exact) mass is 679 g/mol. The summed E-state index contributed by atoms with van der Waals surface area (Å²) in [5.74, 6) is 1.98. The number of likely N-dealkylation sites (tertiary alicyclic amines) is 1. The van der Waals surface area contributed by atoms with E-state index in [1.54, 1.807) is 6.07 Å². The highest BCUT2D eigenvalue weighted by Crippen LogP contribution is 2.28. The van der Waals surface area contributed by atoms with Gasteiger partial charge >= 0.3 is 0 Å². The topological polar surface area (TPSA) is 93.3 Å². The Bertz CT molecular complexity index is 1690. The van der Waals surface area contributed by atoms with E-state index in [2.05, 4.69) is 78.9 Å². The molecule has 3 N–H and O–H groups in total. The Morgan fingerprint density at radius 2 is 1.76 bits per heavy atom. The van der Waals surface area contributed by atoms with Crippen molar-refractivity contribution in [2.24, 2.45) is 5.92 Å². The number of benzene rings is 3. The van der Waals surface area contributed by atoms with Crippen LogP contribution in [0, 0.1) is 24.2 Å². The SMILES string of the molecule is CCC(C)CN1CCC(NC[C@@H](Cc2ccc(C#N)cc2)NC(=O)c2cc(-c3ccc(CNC(C)c4ccc(C)cc4)o3)ccc2Cl)CC1. The Kier molecular flexibility index (Phi) is 13.1. The summed E-state index contributed by atoms with van der Waals surface area (Å²) in [7, 11) is 0. The van der Waals surface area contributed by atoms with Gasteiger partial charge < -0.3 is 25.3 Å². The highest BCUT2D eigenvalue weighted by atomic mass is 35.5. The molecule has 49 heavy (non-hydrogen) atoms. The van der Waals surface area contributed by atoms with E-state index < -0.39 is 0 Å². The van der Waals surface area contributed by atoms with Gasteiger partial charge in [-0.15, -0.1) is 0 Å². The van der Waals surface area contributed by atoms with Crippen LogP contribution in [0.2, 0.25) is 5.02 Å². The van der Waals surface area contributed by atoms with Gasteiger partial charge in [0.25, 0.3) is 5.91 Å². The number of nitrogens with zero attached hydrogens (tertiary/aromatic N) is 2. The molecule has 1 amide bonds. The molecule has 0 radical (unpaired) electrons. The summed E-state index contributed by atoms with van der Waals surface area (Å²) >= 11 is 6.62. The first-order valence-corrected chi connectivity index (χ1v) is 18.0. The number of hydrogen-bond acceptors (Lipinski definition) is 6. The van der Waals surface area contributed by atoms with Crippen LogP contribution in [-0.2, 0) is 13.0 Å². The first kappa shape index (κ1) is 36.4. The third kappa shape index (κ3) is 10.5. The molecule has 0 spiro atoms. The molecule has 1 aromatic heterocycles. The van der Waals surface area contributed by atoms with Crippen molar-refractivity contribution < 1.29 is 9.21 Å². The fraction of sp³-hybridized carbons (Fsp3) is 0.415. The largest absolute Gasteiger partial charge is 0.460 e. The lowest BCUT2D eigenvalue weighted by Gasteiger charge is -2.34. The van der Waals surface area contributed by atoms with E-state index in [1.165, 1.54) is 17.5 Å². The van der Waals surface area contributed by atoms with Crippen molar-refractivity contribution >= 4 is 17.5 Å². The molecule has 0 saturated carbocycles. The lowest BCUT2D eigenvalue weighted by atomic mass is 10.0. The minimum absolute atomic E-state index is 0.171. The molecule has 0 bridgehead atoms. The summed E-state index contributed by atoms with van der Waals surface area (Å²) in [5, 5.41) is 20.2. The molecular formula is C41H50ClN5O2. The Labute approximate surface area is 297 Å². The molecule has 0 aliphatic carbocycles. The molecule has 3 aromatic carbocycles. The van der Waals surface area contributed by atoms with Gasteiger partial charge in [0.05, 0.1) is 28.8 Å². The molecule has 7 nitrogen and oxygen atoms in total. The molecule has 5 rings (SSSR count). The molecule has 258 valence electrons. The van der Waals surface area contributed by atoms with E-state index in [0.717, 1.165) is 49.4 Å². The van der Waals surface area contributed by atoms with Crippen molar-refractivity contribution in [1.29, 1.82) is 5.26 Å². The van der Waals surface area contributed by atoms with Crippen LogP contribution in [-0.4, -0.2) is 49.1 Å². The standard InChI is InChI=1S/C41H50ClN5O2/c1-5-28(2)27-47-20-18-35(19-21-47)45-25-36(22-31-8-10-32(24-43)11-9-31)46-41(48)38-23-34(14-16-39(38)42)40-17-15-37(49-40)26-44-30(4)33-12-6-29(3)7-13-33/h6-17,23,28,30,35-36,44-45H,5,18-22,25-27H2,1-4H3,(H,46,48)/t28?,30?,36-/m1/s1. The lowest BCUT2D eigenvalue weighted by Crippen LogP contribution is -2.49. The molecule has 1 fully saturated rings. The third-order valence-electron chi connectivity index (χ3n) is 9.72. The zero-order valence-corrected chi connectivity index (χ0v) is 30.0. The van der Waals surface area contributed by atoms with Crippen LogP contribution in [0.1, 0.15) is 84.4 Å². The molecule has 1 aliphatic rings. The number of nitrogens with one attached hydrogen (secondary N) is 3.